The second kappa shape index (κ2) is 6.68. The van der Waals surface area contributed by atoms with Crippen molar-refractivity contribution in [2.75, 3.05) is 18.0 Å². The lowest BCUT2D eigenvalue weighted by Gasteiger charge is -2.27. The van der Waals surface area contributed by atoms with E-state index >= 15 is 0 Å². The van der Waals surface area contributed by atoms with Crippen LogP contribution in [0.1, 0.15) is 25.3 Å². The number of carbonyl (C=O) groups is 1. The zero-order valence-electron chi connectivity index (χ0n) is 13.1. The molecule has 3 rings (SSSR count). The van der Waals surface area contributed by atoms with Crippen LogP contribution in [0.3, 0.4) is 0 Å². The molecule has 1 saturated heterocycles. The van der Waals surface area contributed by atoms with E-state index in [4.69, 9.17) is 0 Å². The maximum absolute atomic E-state index is 12.5. The van der Waals surface area contributed by atoms with Gasteiger partial charge in [0.2, 0.25) is 5.91 Å². The maximum atomic E-state index is 12.5. The predicted molar refractivity (Wildman–Crippen MR) is 91.5 cm³/mol. The van der Waals surface area contributed by atoms with E-state index in [1.807, 2.05) is 35.7 Å². The Labute approximate surface area is 140 Å². The molecule has 1 fully saturated rings. The molecule has 1 amide bonds. The number of nitrogens with zero attached hydrogens (tertiary/aromatic N) is 2. The lowest BCUT2D eigenvalue weighted by molar-refractivity contribution is -0.123. The summed E-state index contributed by atoms with van der Waals surface area (Å²) in [6, 6.07) is 9.20. The highest BCUT2D eigenvalue weighted by atomic mass is 32.1. The fourth-order valence-electron chi connectivity index (χ4n) is 2.90. The van der Waals surface area contributed by atoms with Crippen LogP contribution in [0.5, 0.6) is 0 Å². The summed E-state index contributed by atoms with van der Waals surface area (Å²) in [6.45, 7) is 2.76. The van der Waals surface area contributed by atoms with Gasteiger partial charge < -0.3 is 15.3 Å². The topological polar surface area (TPSA) is 65.5 Å². The lowest BCUT2D eigenvalue weighted by Crippen LogP contribution is -2.47. The van der Waals surface area contributed by atoms with E-state index in [2.05, 4.69) is 15.2 Å². The molecule has 0 aliphatic carbocycles. The number of hydrogen-bond donors (Lipinski definition) is 2. The van der Waals surface area contributed by atoms with E-state index in [1.165, 1.54) is 0 Å². The van der Waals surface area contributed by atoms with Crippen molar-refractivity contribution in [3.8, 4) is 0 Å². The van der Waals surface area contributed by atoms with E-state index in [0.717, 1.165) is 30.1 Å². The zero-order valence-corrected chi connectivity index (χ0v) is 13.9. The van der Waals surface area contributed by atoms with Gasteiger partial charge in [0.1, 0.15) is 11.6 Å². The van der Waals surface area contributed by atoms with Crippen molar-refractivity contribution < 1.29 is 9.90 Å². The van der Waals surface area contributed by atoms with Crippen LogP contribution in [0, 0.1) is 0 Å². The van der Waals surface area contributed by atoms with Crippen LogP contribution in [-0.2, 0) is 10.4 Å². The van der Waals surface area contributed by atoms with E-state index in [-0.39, 0.29) is 18.5 Å². The number of aliphatic hydroxyl groups is 1. The summed E-state index contributed by atoms with van der Waals surface area (Å²) in [6.07, 6.45) is 3.55. The first-order chi connectivity index (χ1) is 11.1. The average molecular weight is 331 g/mol. The van der Waals surface area contributed by atoms with Gasteiger partial charge in [-0.15, -0.1) is 11.3 Å². The number of nitrogens with one attached hydrogen (secondary N) is 1. The number of rotatable bonds is 5. The first-order valence-corrected chi connectivity index (χ1v) is 8.68. The number of benzene rings is 1. The highest BCUT2D eigenvalue weighted by Gasteiger charge is 2.33. The lowest BCUT2D eigenvalue weighted by atomic mass is 9.96. The van der Waals surface area contributed by atoms with E-state index in [0.29, 0.717) is 0 Å². The Morgan fingerprint density at radius 1 is 1.48 bits per heavy atom. The minimum atomic E-state index is -1.08. The van der Waals surface area contributed by atoms with Crippen LogP contribution in [0.4, 0.5) is 5.13 Å². The van der Waals surface area contributed by atoms with Crippen LogP contribution in [0.15, 0.2) is 41.9 Å². The summed E-state index contributed by atoms with van der Waals surface area (Å²) in [5.41, 5.74) is -0.287. The number of amides is 1. The molecule has 5 nitrogen and oxygen atoms in total. The Kier molecular flexibility index (Phi) is 4.63. The molecule has 1 aromatic carbocycles. The van der Waals surface area contributed by atoms with Gasteiger partial charge in [-0.05, 0) is 25.3 Å². The number of thiazole rings is 1. The summed E-state index contributed by atoms with van der Waals surface area (Å²) in [5.74, 6) is -0.0473. The summed E-state index contributed by atoms with van der Waals surface area (Å²) in [7, 11) is 0. The molecule has 0 saturated carbocycles. The highest BCUT2D eigenvalue weighted by Crippen LogP contribution is 2.27. The highest BCUT2D eigenvalue weighted by molar-refractivity contribution is 7.13. The van der Waals surface area contributed by atoms with Gasteiger partial charge >= 0.3 is 0 Å². The Hall–Kier alpha value is -1.92. The molecule has 122 valence electrons. The number of aromatic nitrogens is 1. The normalized spacial score (nSPS) is 20.3. The van der Waals surface area contributed by atoms with Crippen molar-refractivity contribution in [3.63, 3.8) is 0 Å². The average Bonchev–Trinajstić information content (AvgIpc) is 3.24. The first kappa shape index (κ1) is 16.0. The van der Waals surface area contributed by atoms with Crippen molar-refractivity contribution in [1.82, 2.24) is 10.3 Å². The largest absolute Gasteiger partial charge is 0.384 e. The van der Waals surface area contributed by atoms with Crippen LogP contribution < -0.4 is 10.2 Å². The van der Waals surface area contributed by atoms with Gasteiger partial charge in [0.05, 0.1) is 6.54 Å². The fourth-order valence-corrected chi connectivity index (χ4v) is 3.62. The molecule has 0 spiro atoms. The molecule has 0 unspecified atom stereocenters. The van der Waals surface area contributed by atoms with Gasteiger partial charge in [-0.3, -0.25) is 4.79 Å². The molecule has 6 heteroatoms. The van der Waals surface area contributed by atoms with Crippen LogP contribution >= 0.6 is 11.3 Å². The Morgan fingerprint density at radius 2 is 2.26 bits per heavy atom. The molecule has 23 heavy (non-hydrogen) atoms. The molecule has 0 bridgehead atoms. The second-order valence-electron chi connectivity index (χ2n) is 6.02. The second-order valence-corrected chi connectivity index (χ2v) is 6.90. The van der Waals surface area contributed by atoms with Crippen molar-refractivity contribution in [2.45, 2.75) is 31.4 Å². The van der Waals surface area contributed by atoms with Gasteiger partial charge in [-0.2, -0.15) is 0 Å². The molecule has 2 aromatic rings. The third-order valence-electron chi connectivity index (χ3n) is 4.22. The van der Waals surface area contributed by atoms with Crippen molar-refractivity contribution in [2.24, 2.45) is 0 Å². The van der Waals surface area contributed by atoms with Gasteiger partial charge in [0.15, 0.2) is 5.13 Å². The Bertz CT molecular complexity index is 643. The van der Waals surface area contributed by atoms with Crippen LogP contribution in [0.2, 0.25) is 0 Å². The van der Waals surface area contributed by atoms with Crippen molar-refractivity contribution >= 4 is 22.4 Å². The molecule has 2 heterocycles. The zero-order chi connectivity index (χ0) is 16.3. The van der Waals surface area contributed by atoms with E-state index in [1.54, 1.807) is 24.5 Å². The molecular weight excluding hydrogens is 310 g/mol. The van der Waals surface area contributed by atoms with Gasteiger partial charge in [0.25, 0.3) is 0 Å². The maximum Gasteiger partial charge on any atom is 0.242 e. The van der Waals surface area contributed by atoms with Crippen LogP contribution in [0.25, 0.3) is 0 Å². The molecule has 1 aromatic heterocycles. The SMILES string of the molecule is C[C@](O)(CNC(=O)[C@@H]1CCCN1c1nccs1)c1ccccc1. The molecular formula is C17H21N3O2S. The Balaban J connectivity index is 1.63. The van der Waals surface area contributed by atoms with Gasteiger partial charge in [-0.1, -0.05) is 30.3 Å². The Morgan fingerprint density at radius 3 is 2.96 bits per heavy atom. The summed E-state index contributed by atoms with van der Waals surface area (Å²) in [4.78, 5) is 18.9. The van der Waals surface area contributed by atoms with E-state index < -0.39 is 5.60 Å². The first-order valence-electron chi connectivity index (χ1n) is 7.80. The molecule has 1 aliphatic heterocycles. The molecule has 1 aliphatic rings. The van der Waals surface area contributed by atoms with Gasteiger partial charge in [0, 0.05) is 18.1 Å². The third-order valence-corrected chi connectivity index (χ3v) is 5.03. The fraction of sp³-hybridized carbons (Fsp3) is 0.412. The van der Waals surface area contributed by atoms with E-state index in [9.17, 15) is 9.90 Å². The summed E-state index contributed by atoms with van der Waals surface area (Å²) < 4.78 is 0. The smallest absolute Gasteiger partial charge is 0.242 e. The number of carbonyl (C=O) groups excluding carboxylic acids is 1. The van der Waals surface area contributed by atoms with Gasteiger partial charge in [-0.25, -0.2) is 4.98 Å². The summed E-state index contributed by atoms with van der Waals surface area (Å²) in [5, 5.41) is 16.3. The molecule has 2 atom stereocenters. The number of anilines is 1. The molecule has 0 radical (unpaired) electrons. The minimum absolute atomic E-state index is 0.0473. The standard InChI is InChI=1S/C17H21N3O2S/c1-17(22,13-6-3-2-4-7-13)12-19-15(21)14-8-5-10-20(14)16-18-9-11-23-16/h2-4,6-7,9,11,14,22H,5,8,10,12H2,1H3,(H,19,21)/t14-,17-/m0/s1. The number of hydrogen-bond acceptors (Lipinski definition) is 5. The van der Waals surface area contributed by atoms with Crippen molar-refractivity contribution in [3.05, 3.63) is 47.5 Å². The molecule has 2 N–H and O–H groups in total. The van der Waals surface area contributed by atoms with Crippen LogP contribution in [-0.4, -0.2) is 35.1 Å². The third kappa shape index (κ3) is 3.54. The quantitative estimate of drug-likeness (QED) is 0.881. The van der Waals surface area contributed by atoms with Crippen molar-refractivity contribution in [1.29, 1.82) is 0 Å². The minimum Gasteiger partial charge on any atom is -0.384 e. The monoisotopic (exact) mass is 331 g/mol. The predicted octanol–water partition coefficient (Wildman–Crippen LogP) is 2.14. The summed E-state index contributed by atoms with van der Waals surface area (Å²) >= 11 is 1.55.